The highest BCUT2D eigenvalue weighted by Crippen LogP contribution is 2.36. The zero-order valence-corrected chi connectivity index (χ0v) is 12.8. The molecule has 2 aliphatic rings. The van der Waals surface area contributed by atoms with Crippen LogP contribution in [0.2, 0.25) is 0 Å². The van der Waals surface area contributed by atoms with Gasteiger partial charge in [0.1, 0.15) is 24.4 Å². The SMILES string of the molecule is CC1=CC(C)(C)C[C@H](O[C@@H]2O[C@H](CO)[C@@H](O)[C@H](O)[C@H]2O)C1. The van der Waals surface area contributed by atoms with Gasteiger partial charge in [0.15, 0.2) is 6.29 Å². The Kier molecular flexibility index (Phi) is 5.07. The summed E-state index contributed by atoms with van der Waals surface area (Å²) in [5.41, 5.74) is 1.21. The molecule has 6 atom stereocenters. The molecule has 0 radical (unpaired) electrons. The first-order valence-electron chi connectivity index (χ1n) is 7.38. The topological polar surface area (TPSA) is 99.4 Å². The van der Waals surface area contributed by atoms with Gasteiger partial charge in [0.2, 0.25) is 0 Å². The second-order valence-corrected chi connectivity index (χ2v) is 6.84. The van der Waals surface area contributed by atoms with Crippen molar-refractivity contribution >= 4 is 0 Å². The summed E-state index contributed by atoms with van der Waals surface area (Å²) in [5, 5.41) is 38.7. The van der Waals surface area contributed by atoms with E-state index in [0.717, 1.165) is 12.8 Å². The second kappa shape index (κ2) is 6.32. The average molecular weight is 302 g/mol. The summed E-state index contributed by atoms with van der Waals surface area (Å²) in [6.07, 6.45) is -2.47. The number of ether oxygens (including phenoxy) is 2. The van der Waals surface area contributed by atoms with E-state index in [2.05, 4.69) is 19.9 Å². The Balaban J connectivity index is 2.03. The van der Waals surface area contributed by atoms with Crippen molar-refractivity contribution in [3.63, 3.8) is 0 Å². The summed E-state index contributed by atoms with van der Waals surface area (Å²) in [5.74, 6) is 0. The van der Waals surface area contributed by atoms with Gasteiger partial charge in [0.25, 0.3) is 0 Å². The maximum absolute atomic E-state index is 9.99. The molecule has 21 heavy (non-hydrogen) atoms. The van der Waals surface area contributed by atoms with Crippen molar-refractivity contribution in [2.24, 2.45) is 5.41 Å². The van der Waals surface area contributed by atoms with Gasteiger partial charge in [0, 0.05) is 0 Å². The Hall–Kier alpha value is -0.500. The highest BCUT2D eigenvalue weighted by molar-refractivity contribution is 5.11. The first-order chi connectivity index (χ1) is 9.73. The Labute approximate surface area is 125 Å². The van der Waals surface area contributed by atoms with E-state index in [1.165, 1.54) is 5.57 Å². The van der Waals surface area contributed by atoms with E-state index in [1.807, 2.05) is 6.92 Å². The number of hydrogen-bond donors (Lipinski definition) is 4. The Morgan fingerprint density at radius 2 is 1.90 bits per heavy atom. The first kappa shape index (κ1) is 16.9. The third-order valence-corrected chi connectivity index (χ3v) is 4.12. The smallest absolute Gasteiger partial charge is 0.186 e. The predicted molar refractivity (Wildman–Crippen MR) is 75.4 cm³/mol. The molecule has 1 saturated heterocycles. The lowest BCUT2D eigenvalue weighted by atomic mass is 9.78. The van der Waals surface area contributed by atoms with Crippen LogP contribution in [0.3, 0.4) is 0 Å². The Morgan fingerprint density at radius 3 is 2.48 bits per heavy atom. The highest BCUT2D eigenvalue weighted by atomic mass is 16.7. The number of rotatable bonds is 3. The molecule has 0 unspecified atom stereocenters. The lowest BCUT2D eigenvalue weighted by Gasteiger charge is -2.42. The van der Waals surface area contributed by atoms with Crippen LogP contribution in [-0.4, -0.2) is 63.8 Å². The van der Waals surface area contributed by atoms with Crippen LogP contribution >= 0.6 is 0 Å². The van der Waals surface area contributed by atoms with Gasteiger partial charge in [-0.15, -0.1) is 0 Å². The predicted octanol–water partition coefficient (Wildman–Crippen LogP) is -0.0622. The van der Waals surface area contributed by atoms with Crippen LogP contribution < -0.4 is 0 Å². The fourth-order valence-corrected chi connectivity index (χ4v) is 3.27. The maximum Gasteiger partial charge on any atom is 0.186 e. The van der Waals surface area contributed by atoms with E-state index in [4.69, 9.17) is 9.47 Å². The molecular weight excluding hydrogens is 276 g/mol. The molecule has 4 N–H and O–H groups in total. The molecule has 0 bridgehead atoms. The summed E-state index contributed by atoms with van der Waals surface area (Å²) in [6, 6.07) is 0. The van der Waals surface area contributed by atoms with Crippen molar-refractivity contribution in [1.29, 1.82) is 0 Å². The van der Waals surface area contributed by atoms with Crippen LogP contribution in [-0.2, 0) is 9.47 Å². The van der Waals surface area contributed by atoms with Crippen molar-refractivity contribution in [3.05, 3.63) is 11.6 Å². The van der Waals surface area contributed by atoms with Gasteiger partial charge >= 0.3 is 0 Å². The highest BCUT2D eigenvalue weighted by Gasteiger charge is 2.45. The normalized spacial score (nSPS) is 43.5. The van der Waals surface area contributed by atoms with Crippen molar-refractivity contribution < 1.29 is 29.9 Å². The molecule has 1 heterocycles. The van der Waals surface area contributed by atoms with Crippen LogP contribution in [0.5, 0.6) is 0 Å². The van der Waals surface area contributed by atoms with Crippen LogP contribution in [0, 0.1) is 5.41 Å². The molecule has 1 fully saturated rings. The quantitative estimate of drug-likeness (QED) is 0.545. The van der Waals surface area contributed by atoms with E-state index >= 15 is 0 Å². The van der Waals surface area contributed by atoms with E-state index < -0.39 is 37.3 Å². The minimum Gasteiger partial charge on any atom is -0.394 e. The summed E-state index contributed by atoms with van der Waals surface area (Å²) in [4.78, 5) is 0. The van der Waals surface area contributed by atoms with E-state index in [1.54, 1.807) is 0 Å². The largest absolute Gasteiger partial charge is 0.394 e. The monoisotopic (exact) mass is 302 g/mol. The molecule has 0 aromatic heterocycles. The fraction of sp³-hybridized carbons (Fsp3) is 0.867. The van der Waals surface area contributed by atoms with Gasteiger partial charge in [-0.3, -0.25) is 0 Å². The summed E-state index contributed by atoms with van der Waals surface area (Å²) in [7, 11) is 0. The zero-order valence-electron chi connectivity index (χ0n) is 12.8. The van der Waals surface area contributed by atoms with Crippen LogP contribution in [0.1, 0.15) is 33.6 Å². The van der Waals surface area contributed by atoms with Gasteiger partial charge in [0.05, 0.1) is 12.7 Å². The summed E-state index contributed by atoms with van der Waals surface area (Å²) in [6.45, 7) is 5.81. The molecule has 2 rings (SSSR count). The van der Waals surface area contributed by atoms with Crippen molar-refractivity contribution in [3.8, 4) is 0 Å². The van der Waals surface area contributed by atoms with E-state index in [-0.39, 0.29) is 11.5 Å². The Morgan fingerprint density at radius 1 is 1.24 bits per heavy atom. The molecule has 6 nitrogen and oxygen atoms in total. The number of hydrogen-bond acceptors (Lipinski definition) is 6. The molecule has 0 aromatic rings. The molecule has 6 heteroatoms. The van der Waals surface area contributed by atoms with Crippen molar-refractivity contribution in [1.82, 2.24) is 0 Å². The summed E-state index contributed by atoms with van der Waals surface area (Å²) < 4.78 is 11.2. The Bertz CT molecular complexity index is 392. The van der Waals surface area contributed by atoms with Crippen LogP contribution in [0.25, 0.3) is 0 Å². The minimum atomic E-state index is -1.39. The summed E-state index contributed by atoms with van der Waals surface area (Å²) >= 11 is 0. The lowest BCUT2D eigenvalue weighted by Crippen LogP contribution is -2.59. The van der Waals surface area contributed by atoms with Crippen molar-refractivity contribution in [2.75, 3.05) is 6.61 Å². The number of aliphatic hydroxyl groups excluding tert-OH is 4. The fourth-order valence-electron chi connectivity index (χ4n) is 3.27. The minimum absolute atomic E-state index is 0.00112. The first-order valence-corrected chi connectivity index (χ1v) is 7.38. The van der Waals surface area contributed by atoms with Gasteiger partial charge in [-0.2, -0.15) is 0 Å². The molecule has 1 aliphatic carbocycles. The van der Waals surface area contributed by atoms with Crippen molar-refractivity contribution in [2.45, 2.75) is 70.4 Å². The van der Waals surface area contributed by atoms with Gasteiger partial charge < -0.3 is 29.9 Å². The van der Waals surface area contributed by atoms with Gasteiger partial charge in [-0.1, -0.05) is 25.5 Å². The molecule has 0 aromatic carbocycles. The molecule has 122 valence electrons. The third kappa shape index (κ3) is 3.83. The molecular formula is C15H26O6. The van der Waals surface area contributed by atoms with Gasteiger partial charge in [-0.05, 0) is 25.2 Å². The van der Waals surface area contributed by atoms with Crippen LogP contribution in [0.15, 0.2) is 11.6 Å². The molecule has 1 aliphatic heterocycles. The lowest BCUT2D eigenvalue weighted by molar-refractivity contribution is -0.312. The maximum atomic E-state index is 9.99. The zero-order chi connectivity index (χ0) is 15.8. The third-order valence-electron chi connectivity index (χ3n) is 4.12. The van der Waals surface area contributed by atoms with Gasteiger partial charge in [-0.25, -0.2) is 0 Å². The molecule has 0 amide bonds. The number of aliphatic hydroxyl groups is 4. The average Bonchev–Trinajstić information content (AvgIpc) is 2.37. The van der Waals surface area contributed by atoms with Crippen LogP contribution in [0.4, 0.5) is 0 Å². The van der Waals surface area contributed by atoms with E-state index in [9.17, 15) is 20.4 Å². The standard InChI is InChI=1S/C15H26O6/c1-8-4-9(6-15(2,3)5-8)20-14-13(19)12(18)11(17)10(7-16)21-14/h5,9-14,16-19H,4,6-7H2,1-3H3/t9-,10-,11-,12+,13-,14-/m1/s1. The second-order valence-electron chi connectivity index (χ2n) is 6.84. The van der Waals surface area contributed by atoms with E-state index in [0.29, 0.717) is 0 Å². The molecule has 0 spiro atoms. The number of allylic oxidation sites excluding steroid dienone is 1. The molecule has 0 saturated carbocycles.